The maximum absolute atomic E-state index is 13.5. The van der Waals surface area contributed by atoms with Crippen LogP contribution < -0.4 is 21.7 Å². The fraction of sp³-hybridized carbons (Fsp3) is 0.667. The Hall–Kier alpha value is -1.82. The van der Waals surface area contributed by atoms with Crippen LogP contribution in [0.4, 0.5) is 5.82 Å². The third-order valence-electron chi connectivity index (χ3n) is 7.68. The molecular weight excluding hydrogens is 648 g/mol. The van der Waals surface area contributed by atoms with Gasteiger partial charge in [-0.3, -0.25) is 25.4 Å². The highest BCUT2D eigenvalue weighted by atomic mass is 32.7. The lowest BCUT2D eigenvalue weighted by atomic mass is 10.1. The molecule has 1 aromatic heterocycles. The molecule has 7 N–H and O–H groups in total. The average Bonchev–Trinajstić information content (AvgIpc) is 3.62. The zero-order valence-corrected chi connectivity index (χ0v) is 25.6. The number of aromatic nitrogens is 2. The van der Waals surface area contributed by atoms with Gasteiger partial charge in [-0.1, -0.05) is 12.2 Å². The number of carbonyl (C=O) groups excluding carboxylic acids is 1. The molecule has 18 nitrogen and oxygen atoms in total. The Balaban J connectivity index is 1.22. The van der Waals surface area contributed by atoms with E-state index in [1.807, 2.05) is 6.07 Å². The van der Waals surface area contributed by atoms with Gasteiger partial charge in [0.15, 0.2) is 12.3 Å². The Kier molecular flexibility index (Phi) is 8.83. The number of nitriles is 1. The minimum Gasteiger partial charge on any atom is -0.387 e. The van der Waals surface area contributed by atoms with E-state index in [-0.39, 0.29) is 18.2 Å². The van der Waals surface area contributed by atoms with E-state index in [1.165, 1.54) is 23.8 Å². The van der Waals surface area contributed by atoms with Crippen molar-refractivity contribution < 1.29 is 42.2 Å². The molecule has 234 valence electrons. The van der Waals surface area contributed by atoms with Gasteiger partial charge in [0.25, 0.3) is 5.91 Å². The van der Waals surface area contributed by atoms with Gasteiger partial charge >= 0.3 is 13.5 Å². The van der Waals surface area contributed by atoms with Crippen LogP contribution in [-0.4, -0.2) is 106 Å². The number of amides is 1. The van der Waals surface area contributed by atoms with E-state index in [4.69, 9.17) is 40.4 Å². The molecule has 12 atom stereocenters. The Morgan fingerprint density at radius 1 is 1.28 bits per heavy atom. The van der Waals surface area contributed by atoms with Crippen molar-refractivity contribution in [1.29, 1.82) is 5.26 Å². The van der Waals surface area contributed by atoms with Crippen LogP contribution >= 0.6 is 25.8 Å². The molecule has 5 heterocycles. The summed E-state index contributed by atoms with van der Waals surface area (Å²) >= 11 is 9.45. The molecule has 6 rings (SSSR count). The molecular formula is C21H29N9O9P2S2. The third-order valence-corrected chi connectivity index (χ3v) is 10.9. The van der Waals surface area contributed by atoms with Crippen LogP contribution in [0.1, 0.15) is 18.4 Å². The monoisotopic (exact) mass is 677 g/mol. The Bertz CT molecular complexity index is 1420. The first-order chi connectivity index (χ1) is 20.4. The highest BCUT2D eigenvalue weighted by Gasteiger charge is 2.55. The minimum atomic E-state index is -4.16. The average molecular weight is 678 g/mol. The number of anilines is 1. The lowest BCUT2D eigenvalue weighted by molar-refractivity contribution is -0.130. The number of rotatable bonds is 3. The number of hydrogen-bond donors (Lipinski definition) is 7. The standard InChI is InChI=1S/C21H29N9O9P2S2/c22-3-10-4-24-7-25-17(10)27-11-1-9-5-35-41(34,43)39-16-15(31)13(6-36-40(33,42)38-12(9)2-11)37-20(16)30-8-26-14-18(30)28-21(23)29-19(14)32/h4,7-9,11-16,18,20-21,28,31H,1-2,5-6,23H2,(H,29,32)(H,33,42)(H,34,43)(H,24,25,27)/t9-,11-,12+,13-,14?,15-,16-,18?,20-,21?,40?,41?/m1/s1. The van der Waals surface area contributed by atoms with Crippen LogP contribution in [0.2, 0.25) is 0 Å². The van der Waals surface area contributed by atoms with Gasteiger partial charge < -0.3 is 43.8 Å². The van der Waals surface area contributed by atoms with Gasteiger partial charge in [-0.2, -0.15) is 5.26 Å². The minimum absolute atomic E-state index is 0.182. The highest BCUT2D eigenvalue weighted by molar-refractivity contribution is 8.44. The molecule has 0 spiro atoms. The first-order valence-corrected chi connectivity index (χ1v) is 18.5. The third kappa shape index (κ3) is 6.60. The van der Waals surface area contributed by atoms with Crippen molar-refractivity contribution in [1.82, 2.24) is 25.5 Å². The number of nitrogens with one attached hydrogen (secondary N) is 3. The van der Waals surface area contributed by atoms with E-state index in [0.717, 1.165) is 0 Å². The number of nitrogens with two attached hydrogens (primary N) is 1. The molecule has 5 aliphatic rings. The van der Waals surface area contributed by atoms with Crippen LogP contribution in [0.25, 0.3) is 0 Å². The molecule has 3 saturated heterocycles. The number of thiol groups is 1. The normalized spacial score (nSPS) is 44.7. The number of nitrogens with zero attached hydrogens (tertiary/aromatic N) is 5. The molecule has 1 aliphatic carbocycles. The maximum Gasteiger partial charge on any atom is 0.386 e. The van der Waals surface area contributed by atoms with Crippen molar-refractivity contribution in [3.8, 4) is 6.07 Å². The van der Waals surface area contributed by atoms with Crippen molar-refractivity contribution >= 4 is 55.6 Å². The number of ether oxygens (including phenoxy) is 1. The van der Waals surface area contributed by atoms with Crippen LogP contribution in [0.5, 0.6) is 0 Å². The van der Waals surface area contributed by atoms with Crippen molar-refractivity contribution in [3.05, 3.63) is 18.1 Å². The van der Waals surface area contributed by atoms with Crippen LogP contribution in [0, 0.1) is 17.2 Å². The van der Waals surface area contributed by atoms with Gasteiger partial charge in [-0.25, -0.2) is 14.5 Å². The summed E-state index contributed by atoms with van der Waals surface area (Å²) in [6, 6.07) is 0.863. The molecule has 1 amide bonds. The molecule has 0 aromatic carbocycles. The summed E-state index contributed by atoms with van der Waals surface area (Å²) in [6.07, 6.45) is -2.64. The van der Waals surface area contributed by atoms with E-state index in [1.54, 1.807) is 0 Å². The quantitative estimate of drug-likeness (QED) is 0.145. The van der Waals surface area contributed by atoms with E-state index < -0.39 is 81.1 Å². The van der Waals surface area contributed by atoms with Gasteiger partial charge in [-0.15, -0.1) is 0 Å². The van der Waals surface area contributed by atoms with Gasteiger partial charge in [0.2, 0.25) is 0 Å². The summed E-state index contributed by atoms with van der Waals surface area (Å²) < 4.78 is 42.5. The van der Waals surface area contributed by atoms with Crippen molar-refractivity contribution in [2.24, 2.45) is 16.6 Å². The predicted octanol–water partition coefficient (Wildman–Crippen LogP) is -1.30. The van der Waals surface area contributed by atoms with E-state index in [9.17, 15) is 24.6 Å². The van der Waals surface area contributed by atoms with E-state index in [0.29, 0.717) is 18.7 Å². The van der Waals surface area contributed by atoms with E-state index in [2.05, 4.69) is 43.2 Å². The summed E-state index contributed by atoms with van der Waals surface area (Å²) in [7, 11) is 0. The largest absolute Gasteiger partial charge is 0.387 e. The molecule has 1 saturated carbocycles. The first kappa shape index (κ1) is 31.2. The van der Waals surface area contributed by atoms with Gasteiger partial charge in [-0.05, 0) is 24.6 Å². The number of hydrogen-bond acceptors (Lipinski definition) is 17. The van der Waals surface area contributed by atoms with Crippen molar-refractivity contribution in [2.75, 3.05) is 18.5 Å². The molecule has 5 unspecified atom stereocenters. The predicted molar refractivity (Wildman–Crippen MR) is 153 cm³/mol. The van der Waals surface area contributed by atoms with Gasteiger partial charge in [0, 0.05) is 12.0 Å². The highest BCUT2D eigenvalue weighted by Crippen LogP contribution is 2.58. The summed E-state index contributed by atoms with van der Waals surface area (Å²) in [5.74, 6) is -0.552. The second-order valence-electron chi connectivity index (χ2n) is 10.5. The first-order valence-electron chi connectivity index (χ1n) is 13.2. The van der Waals surface area contributed by atoms with Crippen LogP contribution in [0.3, 0.4) is 0 Å². The molecule has 43 heavy (non-hydrogen) atoms. The van der Waals surface area contributed by atoms with Gasteiger partial charge in [0.05, 0.1) is 31.9 Å². The molecule has 2 bridgehead atoms. The molecule has 4 fully saturated rings. The zero-order valence-electron chi connectivity index (χ0n) is 22.1. The molecule has 1 aromatic rings. The number of aliphatic hydroxyl groups is 1. The SMILES string of the molecule is N#Cc1cncnc1N[C@@H]1C[C@@H]2COP(=O)(S)O[C@@H]3[C@H](O)[C@@H](COP(O)(=S)O[C@H]2C1)O[C@H]3N1C=NC2C(=O)NC(N)NC21. The Labute approximate surface area is 255 Å². The van der Waals surface area contributed by atoms with E-state index >= 15 is 0 Å². The second-order valence-corrected chi connectivity index (χ2v) is 16.2. The van der Waals surface area contributed by atoms with Crippen molar-refractivity contribution in [3.63, 3.8) is 0 Å². The smallest absolute Gasteiger partial charge is 0.386 e. The fourth-order valence-corrected chi connectivity index (χ4v) is 8.74. The summed E-state index contributed by atoms with van der Waals surface area (Å²) in [5.41, 5.74) is 6.13. The van der Waals surface area contributed by atoms with Gasteiger partial charge in [0.1, 0.15) is 54.5 Å². The molecule has 22 heteroatoms. The van der Waals surface area contributed by atoms with Crippen molar-refractivity contribution in [2.45, 2.75) is 68.0 Å². The summed E-state index contributed by atoms with van der Waals surface area (Å²) in [4.78, 5) is 37.0. The molecule has 4 aliphatic heterocycles. The summed E-state index contributed by atoms with van der Waals surface area (Å²) in [6.45, 7) is -8.63. The number of aliphatic hydroxyl groups excluding tert-OH is 1. The molecule has 0 radical (unpaired) electrons. The number of aliphatic imine (C=N–C) groups is 1. The lowest BCUT2D eigenvalue weighted by Crippen LogP contribution is -2.70. The Morgan fingerprint density at radius 3 is 2.88 bits per heavy atom. The fourth-order valence-electron chi connectivity index (χ4n) is 5.72. The van der Waals surface area contributed by atoms with Crippen LogP contribution in [-0.2, 0) is 44.0 Å². The maximum atomic E-state index is 13.5. The summed E-state index contributed by atoms with van der Waals surface area (Å²) in [5, 5.41) is 29.2. The number of fused-ring (bicyclic) bond motifs is 4. The lowest BCUT2D eigenvalue weighted by Gasteiger charge is -2.39. The topological polar surface area (TPSA) is 248 Å². The Morgan fingerprint density at radius 2 is 2.09 bits per heavy atom. The second kappa shape index (κ2) is 12.2. The van der Waals surface area contributed by atoms with Crippen LogP contribution in [0.15, 0.2) is 17.5 Å². The number of carbonyl (C=O) groups is 1. The zero-order chi connectivity index (χ0) is 30.5.